The van der Waals surface area contributed by atoms with Crippen LogP contribution in [-0.2, 0) is 0 Å². The first kappa shape index (κ1) is 21.3. The number of halogens is 3. The number of carbonyl (C=O) groups excluding carboxylic acids is 1. The van der Waals surface area contributed by atoms with Crippen LogP contribution in [0.2, 0.25) is 0 Å². The molecule has 4 nitrogen and oxygen atoms in total. The minimum absolute atomic E-state index is 0. The Morgan fingerprint density at radius 1 is 1.14 bits per heavy atom. The summed E-state index contributed by atoms with van der Waals surface area (Å²) in [6, 6.07) is 6.50. The second-order valence-electron chi connectivity index (χ2n) is 8.25. The number of amides is 1. The summed E-state index contributed by atoms with van der Waals surface area (Å²) in [5.41, 5.74) is 2.72. The number of likely N-dealkylation sites (tertiary alicyclic amines) is 1. The maximum Gasteiger partial charge on any atom is 0.254 e. The molecule has 152 valence electrons. The fourth-order valence-corrected chi connectivity index (χ4v) is 4.56. The van der Waals surface area contributed by atoms with Crippen LogP contribution in [-0.4, -0.2) is 42.0 Å². The highest BCUT2D eigenvalue weighted by atomic mass is 35.5. The van der Waals surface area contributed by atoms with E-state index in [-0.39, 0.29) is 36.5 Å². The number of piperidine rings is 1. The molecule has 0 bridgehead atoms. The van der Waals surface area contributed by atoms with Gasteiger partial charge in [-0.2, -0.15) is 0 Å². The van der Waals surface area contributed by atoms with Crippen molar-refractivity contribution in [3.8, 4) is 0 Å². The number of aromatic nitrogens is 1. The molecular formula is C21H26Cl2FN3O. The van der Waals surface area contributed by atoms with Crippen LogP contribution in [0.5, 0.6) is 0 Å². The first-order valence-electron chi connectivity index (χ1n) is 9.74. The molecule has 0 atom stereocenters. The van der Waals surface area contributed by atoms with Crippen LogP contribution in [0, 0.1) is 11.2 Å². The highest BCUT2D eigenvalue weighted by molar-refractivity contribution is 6.06. The van der Waals surface area contributed by atoms with E-state index in [0.29, 0.717) is 22.3 Å². The summed E-state index contributed by atoms with van der Waals surface area (Å²) < 4.78 is 13.8. The maximum atomic E-state index is 13.8. The summed E-state index contributed by atoms with van der Waals surface area (Å²) in [6.07, 6.45) is 5.58. The van der Waals surface area contributed by atoms with Gasteiger partial charge in [-0.05, 0) is 68.3 Å². The number of pyridine rings is 1. The van der Waals surface area contributed by atoms with Crippen molar-refractivity contribution in [3.05, 3.63) is 41.3 Å². The summed E-state index contributed by atoms with van der Waals surface area (Å²) in [7, 11) is 0. The Morgan fingerprint density at radius 3 is 2.54 bits per heavy atom. The summed E-state index contributed by atoms with van der Waals surface area (Å²) in [5, 5.41) is 4.10. The third-order valence-electron chi connectivity index (χ3n) is 6.46. The second-order valence-corrected chi connectivity index (χ2v) is 8.25. The lowest BCUT2D eigenvalue weighted by Crippen LogP contribution is -2.44. The van der Waals surface area contributed by atoms with E-state index in [9.17, 15) is 9.18 Å². The standard InChI is InChI=1S/C21H24FN3O.2ClH/c22-15-3-4-18-16(11-15)17(12-19(24-18)14-1-2-14)20(26)25-9-6-21(7-10-25)5-8-23-13-21;;/h3-4,11-12,14,23H,1-2,5-10,13H2;2*1H. The van der Waals surface area contributed by atoms with Crippen molar-refractivity contribution in [2.24, 2.45) is 5.41 Å². The van der Waals surface area contributed by atoms with Crippen LogP contribution < -0.4 is 5.32 Å². The largest absolute Gasteiger partial charge is 0.339 e. The molecule has 1 amide bonds. The average Bonchev–Trinajstić information content (AvgIpc) is 3.42. The van der Waals surface area contributed by atoms with E-state index in [1.165, 1.54) is 18.6 Å². The minimum Gasteiger partial charge on any atom is -0.339 e. The lowest BCUT2D eigenvalue weighted by atomic mass is 9.77. The Morgan fingerprint density at radius 2 is 1.89 bits per heavy atom. The van der Waals surface area contributed by atoms with Crippen LogP contribution in [0.4, 0.5) is 4.39 Å². The zero-order valence-electron chi connectivity index (χ0n) is 15.7. The SMILES string of the molecule is Cl.Cl.O=C(c1cc(C2CC2)nc2ccc(F)cc12)N1CCC2(CCNC2)CC1. The van der Waals surface area contributed by atoms with E-state index in [4.69, 9.17) is 0 Å². The molecule has 0 radical (unpaired) electrons. The van der Waals surface area contributed by atoms with Gasteiger partial charge in [-0.1, -0.05) is 0 Å². The van der Waals surface area contributed by atoms with Gasteiger partial charge < -0.3 is 10.2 Å². The first-order valence-corrected chi connectivity index (χ1v) is 9.74. The molecule has 2 aliphatic heterocycles. The molecule has 3 aliphatic rings. The number of nitrogens with zero attached hydrogens (tertiary/aromatic N) is 2. The first-order chi connectivity index (χ1) is 12.6. The third kappa shape index (κ3) is 3.85. The predicted molar refractivity (Wildman–Crippen MR) is 113 cm³/mol. The molecule has 7 heteroatoms. The van der Waals surface area contributed by atoms with Crippen molar-refractivity contribution in [2.75, 3.05) is 26.2 Å². The van der Waals surface area contributed by atoms with Crippen molar-refractivity contribution < 1.29 is 9.18 Å². The van der Waals surface area contributed by atoms with Gasteiger partial charge in [0, 0.05) is 36.6 Å². The van der Waals surface area contributed by atoms with Crippen LogP contribution >= 0.6 is 24.8 Å². The Labute approximate surface area is 177 Å². The van der Waals surface area contributed by atoms with Gasteiger partial charge in [0.25, 0.3) is 5.91 Å². The van der Waals surface area contributed by atoms with Gasteiger partial charge in [0.15, 0.2) is 0 Å². The highest BCUT2D eigenvalue weighted by Gasteiger charge is 2.38. The number of hydrogen-bond acceptors (Lipinski definition) is 3. The van der Waals surface area contributed by atoms with E-state index in [1.807, 2.05) is 11.0 Å². The number of rotatable bonds is 2. The third-order valence-corrected chi connectivity index (χ3v) is 6.46. The van der Waals surface area contributed by atoms with E-state index >= 15 is 0 Å². The van der Waals surface area contributed by atoms with Gasteiger partial charge in [0.1, 0.15) is 5.82 Å². The van der Waals surface area contributed by atoms with Crippen molar-refractivity contribution >= 4 is 41.6 Å². The summed E-state index contributed by atoms with van der Waals surface area (Å²) in [4.78, 5) is 19.9. The van der Waals surface area contributed by atoms with Crippen LogP contribution in [0.1, 0.15) is 54.1 Å². The number of nitrogens with one attached hydrogen (secondary N) is 1. The normalized spacial score (nSPS) is 20.7. The molecule has 1 N–H and O–H groups in total. The molecule has 1 aliphatic carbocycles. The summed E-state index contributed by atoms with van der Waals surface area (Å²) in [6.45, 7) is 3.74. The van der Waals surface area contributed by atoms with Gasteiger partial charge >= 0.3 is 0 Å². The molecule has 2 aromatic rings. The molecule has 1 aromatic heterocycles. The van der Waals surface area contributed by atoms with Crippen molar-refractivity contribution in [1.82, 2.24) is 15.2 Å². The fraction of sp³-hybridized carbons (Fsp3) is 0.524. The Balaban J connectivity index is 0.00000112. The minimum atomic E-state index is -0.317. The summed E-state index contributed by atoms with van der Waals surface area (Å²) >= 11 is 0. The number of carbonyl (C=O) groups is 1. The second kappa shape index (κ2) is 8.13. The predicted octanol–water partition coefficient (Wildman–Crippen LogP) is 4.31. The highest BCUT2D eigenvalue weighted by Crippen LogP contribution is 2.41. The molecule has 1 spiro atoms. The average molecular weight is 426 g/mol. The Kier molecular flexibility index (Phi) is 6.18. The van der Waals surface area contributed by atoms with Gasteiger partial charge in [0.2, 0.25) is 0 Å². The quantitative estimate of drug-likeness (QED) is 0.779. The van der Waals surface area contributed by atoms with Gasteiger partial charge in [-0.3, -0.25) is 9.78 Å². The van der Waals surface area contributed by atoms with E-state index in [1.54, 1.807) is 6.07 Å². The van der Waals surface area contributed by atoms with E-state index < -0.39 is 0 Å². The van der Waals surface area contributed by atoms with Crippen LogP contribution in [0.3, 0.4) is 0 Å². The number of hydrogen-bond donors (Lipinski definition) is 1. The number of fused-ring (bicyclic) bond motifs is 1. The van der Waals surface area contributed by atoms with Gasteiger partial charge in [-0.15, -0.1) is 24.8 Å². The van der Waals surface area contributed by atoms with Gasteiger partial charge in [-0.25, -0.2) is 4.39 Å². The van der Waals surface area contributed by atoms with E-state index in [2.05, 4.69) is 10.3 Å². The number of benzene rings is 1. The zero-order valence-corrected chi connectivity index (χ0v) is 17.4. The molecule has 3 fully saturated rings. The molecule has 3 heterocycles. The smallest absolute Gasteiger partial charge is 0.254 e. The Bertz CT molecular complexity index is 871. The molecule has 28 heavy (non-hydrogen) atoms. The van der Waals surface area contributed by atoms with Crippen molar-refractivity contribution in [1.29, 1.82) is 0 Å². The van der Waals surface area contributed by atoms with Crippen LogP contribution in [0.25, 0.3) is 10.9 Å². The Hall–Kier alpha value is -1.43. The molecule has 2 saturated heterocycles. The monoisotopic (exact) mass is 425 g/mol. The lowest BCUT2D eigenvalue weighted by molar-refractivity contribution is 0.0609. The molecule has 0 unspecified atom stereocenters. The molecular weight excluding hydrogens is 400 g/mol. The van der Waals surface area contributed by atoms with Gasteiger partial charge in [0.05, 0.1) is 11.1 Å². The summed E-state index contributed by atoms with van der Waals surface area (Å²) in [5.74, 6) is 0.179. The molecule has 5 rings (SSSR count). The van der Waals surface area contributed by atoms with E-state index in [0.717, 1.165) is 63.1 Å². The molecule has 1 saturated carbocycles. The topological polar surface area (TPSA) is 45.2 Å². The maximum absolute atomic E-state index is 13.8. The van der Waals surface area contributed by atoms with Crippen LogP contribution in [0.15, 0.2) is 24.3 Å². The molecule has 1 aromatic carbocycles. The fourth-order valence-electron chi connectivity index (χ4n) is 4.56. The lowest BCUT2D eigenvalue weighted by Gasteiger charge is -2.39. The van der Waals surface area contributed by atoms with Crippen molar-refractivity contribution in [3.63, 3.8) is 0 Å². The zero-order chi connectivity index (χ0) is 17.7. The van der Waals surface area contributed by atoms with Crippen molar-refractivity contribution in [2.45, 2.75) is 38.0 Å².